The molecule has 30 heavy (non-hydrogen) atoms. The van der Waals surface area contributed by atoms with E-state index in [0.29, 0.717) is 12.0 Å². The first-order valence-corrected chi connectivity index (χ1v) is 11.5. The molecule has 162 valence electrons. The lowest BCUT2D eigenvalue weighted by molar-refractivity contribution is -0.117. The van der Waals surface area contributed by atoms with Crippen molar-refractivity contribution >= 4 is 17.7 Å². The summed E-state index contributed by atoms with van der Waals surface area (Å²) in [4.78, 5) is 15.2. The molecule has 1 amide bonds. The first kappa shape index (κ1) is 22.4. The maximum atomic E-state index is 12.7. The van der Waals surface area contributed by atoms with Gasteiger partial charge in [0.1, 0.15) is 11.6 Å². The van der Waals surface area contributed by atoms with Crippen molar-refractivity contribution in [2.75, 3.05) is 4.90 Å². The third-order valence-corrected chi connectivity index (χ3v) is 6.79. The van der Waals surface area contributed by atoms with Gasteiger partial charge in [-0.1, -0.05) is 26.2 Å². The number of anilines is 1. The first-order valence-electron chi connectivity index (χ1n) is 11.5. The summed E-state index contributed by atoms with van der Waals surface area (Å²) >= 11 is 0. The topological polar surface area (TPSA) is 56.1 Å². The fourth-order valence-corrected chi connectivity index (χ4v) is 5.56. The average molecular weight is 408 g/mol. The molecule has 0 bridgehead atoms. The molecule has 0 saturated heterocycles. The van der Waals surface area contributed by atoms with E-state index in [-0.39, 0.29) is 23.1 Å². The van der Waals surface area contributed by atoms with Crippen LogP contribution >= 0.6 is 0 Å². The molecular formula is C26H37N3O. The molecule has 2 aliphatic rings. The van der Waals surface area contributed by atoms with E-state index < -0.39 is 0 Å². The molecule has 1 N–H and O–H groups in total. The zero-order chi connectivity index (χ0) is 22.1. The number of fused-ring (bicyclic) bond motifs is 1. The zero-order valence-electron chi connectivity index (χ0n) is 19.5. The molecule has 0 radical (unpaired) electrons. The number of aryl methyl sites for hydroxylation is 1. The van der Waals surface area contributed by atoms with Gasteiger partial charge >= 0.3 is 0 Å². The maximum Gasteiger partial charge on any atom is 0.262 e. The lowest BCUT2D eigenvalue weighted by Crippen LogP contribution is -2.51. The van der Waals surface area contributed by atoms with Gasteiger partial charge in [0, 0.05) is 23.3 Å². The third-order valence-electron chi connectivity index (χ3n) is 6.79. The summed E-state index contributed by atoms with van der Waals surface area (Å²) in [5.41, 5.74) is 4.97. The Morgan fingerprint density at radius 2 is 1.93 bits per heavy atom. The van der Waals surface area contributed by atoms with Crippen molar-refractivity contribution in [3.05, 3.63) is 34.4 Å². The minimum atomic E-state index is -0.237. The molecule has 1 aliphatic heterocycles. The summed E-state index contributed by atoms with van der Waals surface area (Å²) in [5.74, 6) is 0.193. The van der Waals surface area contributed by atoms with Crippen molar-refractivity contribution in [3.8, 4) is 6.07 Å². The smallest absolute Gasteiger partial charge is 0.262 e. The molecule has 4 heteroatoms. The maximum absolute atomic E-state index is 12.7. The zero-order valence-corrected chi connectivity index (χ0v) is 19.5. The highest BCUT2D eigenvalue weighted by Gasteiger charge is 2.37. The number of hydrogen-bond acceptors (Lipinski definition) is 3. The van der Waals surface area contributed by atoms with Crippen LogP contribution in [0.25, 0.3) is 6.08 Å². The van der Waals surface area contributed by atoms with Crippen molar-refractivity contribution < 1.29 is 4.79 Å². The van der Waals surface area contributed by atoms with Crippen molar-refractivity contribution in [3.63, 3.8) is 0 Å². The number of carbonyl (C=O) groups excluding carboxylic acids is 1. The Kier molecular flexibility index (Phi) is 6.60. The highest BCUT2D eigenvalue weighted by Crippen LogP contribution is 2.45. The van der Waals surface area contributed by atoms with Gasteiger partial charge in [-0.15, -0.1) is 0 Å². The summed E-state index contributed by atoms with van der Waals surface area (Å²) in [5, 5.41) is 12.7. The van der Waals surface area contributed by atoms with E-state index in [1.165, 1.54) is 17.7 Å². The van der Waals surface area contributed by atoms with Crippen molar-refractivity contribution in [1.29, 1.82) is 5.26 Å². The molecule has 1 atom stereocenters. The van der Waals surface area contributed by atoms with Crippen LogP contribution in [0.15, 0.2) is 17.7 Å². The van der Waals surface area contributed by atoms with Gasteiger partial charge in [-0.05, 0) is 94.7 Å². The fourth-order valence-electron chi connectivity index (χ4n) is 5.56. The van der Waals surface area contributed by atoms with E-state index in [1.807, 2.05) is 0 Å². The summed E-state index contributed by atoms with van der Waals surface area (Å²) in [6.07, 6.45) is 8.44. The van der Waals surface area contributed by atoms with Gasteiger partial charge in [0.2, 0.25) is 0 Å². The predicted octanol–water partition coefficient (Wildman–Crippen LogP) is 5.85. The number of carbonyl (C=O) groups is 1. The summed E-state index contributed by atoms with van der Waals surface area (Å²) in [6, 6.07) is 7.19. The Hall–Kier alpha value is -2.28. The SMILES string of the molecule is Cc1cc2c(cc1/C=C(/C#N)C(=O)NC1CCCCC1)C(C)CC(C)(C)N2C(C)C. The molecule has 1 fully saturated rings. The van der Waals surface area contributed by atoms with Crippen LogP contribution in [0.4, 0.5) is 5.69 Å². The molecule has 1 heterocycles. The second-order valence-corrected chi connectivity index (χ2v) is 10.1. The van der Waals surface area contributed by atoms with Gasteiger partial charge in [-0.2, -0.15) is 5.26 Å². The summed E-state index contributed by atoms with van der Waals surface area (Å²) in [7, 11) is 0. The lowest BCUT2D eigenvalue weighted by Gasteiger charge is -2.50. The molecule has 0 spiro atoms. The Morgan fingerprint density at radius 3 is 2.53 bits per heavy atom. The summed E-state index contributed by atoms with van der Waals surface area (Å²) < 4.78 is 0. The minimum absolute atomic E-state index is 0.0993. The number of rotatable bonds is 4. The Balaban J connectivity index is 1.94. The van der Waals surface area contributed by atoms with Crippen LogP contribution in [0.2, 0.25) is 0 Å². The number of amides is 1. The molecule has 1 aromatic carbocycles. The van der Waals surface area contributed by atoms with E-state index >= 15 is 0 Å². The molecule has 1 aliphatic carbocycles. The van der Waals surface area contributed by atoms with Gasteiger partial charge < -0.3 is 10.2 Å². The van der Waals surface area contributed by atoms with Gasteiger partial charge in [0.15, 0.2) is 0 Å². The molecule has 3 rings (SSSR count). The Labute approximate surface area is 182 Å². The van der Waals surface area contributed by atoms with Crippen LogP contribution in [-0.2, 0) is 4.79 Å². The molecular weight excluding hydrogens is 370 g/mol. The van der Waals surface area contributed by atoms with Crippen LogP contribution in [0, 0.1) is 18.3 Å². The predicted molar refractivity (Wildman–Crippen MR) is 125 cm³/mol. The highest BCUT2D eigenvalue weighted by atomic mass is 16.1. The Morgan fingerprint density at radius 1 is 1.27 bits per heavy atom. The third kappa shape index (κ3) is 4.56. The van der Waals surface area contributed by atoms with Crippen molar-refractivity contribution in [2.24, 2.45) is 0 Å². The summed E-state index contributed by atoms with van der Waals surface area (Å²) in [6.45, 7) is 13.5. The number of nitrogens with zero attached hydrogens (tertiary/aromatic N) is 2. The van der Waals surface area contributed by atoms with Gasteiger partial charge in [0.25, 0.3) is 5.91 Å². The van der Waals surface area contributed by atoms with Crippen LogP contribution in [0.5, 0.6) is 0 Å². The molecule has 4 nitrogen and oxygen atoms in total. The molecule has 1 unspecified atom stereocenters. The van der Waals surface area contributed by atoms with E-state index in [4.69, 9.17) is 0 Å². The van der Waals surface area contributed by atoms with Gasteiger partial charge in [0.05, 0.1) is 0 Å². The number of benzene rings is 1. The molecule has 1 saturated carbocycles. The number of nitrogens with one attached hydrogen (secondary N) is 1. The highest BCUT2D eigenvalue weighted by molar-refractivity contribution is 6.02. The fraction of sp³-hybridized carbons (Fsp3) is 0.615. The van der Waals surface area contributed by atoms with E-state index in [9.17, 15) is 10.1 Å². The van der Waals surface area contributed by atoms with Crippen molar-refractivity contribution in [2.45, 2.75) is 104 Å². The standard InChI is InChI=1S/C26H37N3O/c1-17(2)29-24-12-18(3)20(14-23(24)19(4)15-26(29,5)6)13-21(16-27)25(30)28-22-10-8-7-9-11-22/h12-14,17,19,22H,7-11,15H2,1-6H3,(H,28,30)/b21-13-. The lowest BCUT2D eigenvalue weighted by atomic mass is 9.78. The Bertz CT molecular complexity index is 869. The van der Waals surface area contributed by atoms with E-state index in [2.05, 4.69) is 70.0 Å². The van der Waals surface area contributed by atoms with Crippen LogP contribution in [0.3, 0.4) is 0 Å². The normalized spacial score (nSPS) is 21.9. The monoisotopic (exact) mass is 407 g/mol. The quantitative estimate of drug-likeness (QED) is 0.503. The second-order valence-electron chi connectivity index (χ2n) is 10.1. The van der Waals surface area contributed by atoms with Crippen LogP contribution in [-0.4, -0.2) is 23.5 Å². The first-order chi connectivity index (χ1) is 14.1. The second kappa shape index (κ2) is 8.84. The van der Waals surface area contributed by atoms with Crippen molar-refractivity contribution in [1.82, 2.24) is 5.32 Å². The average Bonchev–Trinajstić information content (AvgIpc) is 2.66. The largest absolute Gasteiger partial charge is 0.364 e. The van der Waals surface area contributed by atoms with Gasteiger partial charge in [-0.25, -0.2) is 0 Å². The minimum Gasteiger partial charge on any atom is -0.364 e. The van der Waals surface area contributed by atoms with Gasteiger partial charge in [-0.3, -0.25) is 4.79 Å². The molecule has 1 aromatic rings. The number of nitriles is 1. The van der Waals surface area contributed by atoms with E-state index in [1.54, 1.807) is 6.08 Å². The van der Waals surface area contributed by atoms with E-state index in [0.717, 1.165) is 43.2 Å². The molecule has 0 aromatic heterocycles. The van der Waals surface area contributed by atoms with Crippen LogP contribution < -0.4 is 10.2 Å². The van der Waals surface area contributed by atoms with Crippen LogP contribution in [0.1, 0.15) is 95.8 Å². The number of hydrogen-bond donors (Lipinski definition) is 1.